The zero-order chi connectivity index (χ0) is 19.1. The van der Waals surface area contributed by atoms with Crippen LogP contribution in [0.15, 0.2) is 36.4 Å². The van der Waals surface area contributed by atoms with Crippen LogP contribution in [0.2, 0.25) is 0 Å². The topological polar surface area (TPSA) is 64.0 Å². The van der Waals surface area contributed by atoms with Crippen molar-refractivity contribution in [1.29, 1.82) is 0 Å². The van der Waals surface area contributed by atoms with Gasteiger partial charge < -0.3 is 5.32 Å². The third-order valence-electron chi connectivity index (χ3n) is 4.97. The monoisotopic (exact) mass is 379 g/mol. The number of aromatic nitrogens is 2. The Morgan fingerprint density at radius 3 is 2.81 bits per heavy atom. The minimum Gasteiger partial charge on any atom is -0.310 e. The summed E-state index contributed by atoms with van der Waals surface area (Å²) in [5.74, 6) is -0.0328. The van der Waals surface area contributed by atoms with Gasteiger partial charge in [0.05, 0.1) is 22.2 Å². The second kappa shape index (κ2) is 6.78. The van der Waals surface area contributed by atoms with E-state index in [0.29, 0.717) is 10.7 Å². The molecule has 0 bridgehead atoms. The standard InChI is InChI=1S/C21H21N3O2S/c1-4-14-6-5-7-15(10-14)24-21-19(13(3)23-24)16(11-18(25)22-21)20(26)17-9-8-12(2)27-17/h5-10,16H,4,11H2,1-3H3,(H,22,25)/t16-/m0/s1. The van der Waals surface area contributed by atoms with E-state index in [1.165, 1.54) is 16.9 Å². The maximum Gasteiger partial charge on any atom is 0.226 e. The predicted molar refractivity (Wildman–Crippen MR) is 107 cm³/mol. The molecule has 4 rings (SSSR count). The Bertz CT molecular complexity index is 1050. The van der Waals surface area contributed by atoms with Gasteiger partial charge in [-0.15, -0.1) is 11.3 Å². The summed E-state index contributed by atoms with van der Waals surface area (Å²) in [6.07, 6.45) is 1.08. The number of fused-ring (bicyclic) bond motifs is 1. The molecule has 6 heteroatoms. The van der Waals surface area contributed by atoms with Gasteiger partial charge >= 0.3 is 0 Å². The predicted octanol–water partition coefficient (Wildman–Crippen LogP) is 4.42. The number of ketones is 1. The molecule has 1 N–H and O–H groups in total. The van der Waals surface area contributed by atoms with E-state index in [0.717, 1.165) is 28.2 Å². The van der Waals surface area contributed by atoms with Crippen LogP contribution in [-0.2, 0) is 11.2 Å². The molecule has 138 valence electrons. The molecule has 5 nitrogen and oxygen atoms in total. The minimum atomic E-state index is -0.491. The Hall–Kier alpha value is -2.73. The molecular formula is C21H21N3O2S. The molecule has 0 radical (unpaired) electrons. The van der Waals surface area contributed by atoms with Crippen molar-refractivity contribution in [2.75, 3.05) is 5.32 Å². The number of rotatable bonds is 4. The Kier molecular flexibility index (Phi) is 4.44. The number of hydrogen-bond acceptors (Lipinski definition) is 4. The molecule has 1 aliphatic rings. The van der Waals surface area contributed by atoms with Gasteiger partial charge in [-0.2, -0.15) is 5.10 Å². The molecule has 0 saturated heterocycles. The number of thiophene rings is 1. The summed E-state index contributed by atoms with van der Waals surface area (Å²) in [5.41, 5.74) is 3.68. The molecule has 1 amide bonds. The van der Waals surface area contributed by atoms with Crippen LogP contribution in [-0.4, -0.2) is 21.5 Å². The second-order valence-corrected chi connectivity index (χ2v) is 8.15. The molecule has 1 atom stereocenters. The summed E-state index contributed by atoms with van der Waals surface area (Å²) < 4.78 is 1.75. The van der Waals surface area contributed by atoms with E-state index >= 15 is 0 Å². The maximum absolute atomic E-state index is 13.1. The van der Waals surface area contributed by atoms with Crippen LogP contribution in [0, 0.1) is 13.8 Å². The highest BCUT2D eigenvalue weighted by Gasteiger charge is 2.36. The number of carbonyl (C=O) groups excluding carboxylic acids is 2. The Morgan fingerprint density at radius 1 is 1.30 bits per heavy atom. The van der Waals surface area contributed by atoms with Crippen LogP contribution in [0.25, 0.3) is 5.69 Å². The number of Topliss-reactive ketones (excluding diaryl/α,β-unsaturated/α-hetero) is 1. The molecular weight excluding hydrogens is 358 g/mol. The highest BCUT2D eigenvalue weighted by Crippen LogP contribution is 2.39. The van der Waals surface area contributed by atoms with Crippen molar-refractivity contribution in [1.82, 2.24) is 9.78 Å². The van der Waals surface area contributed by atoms with Crippen LogP contribution in [0.1, 0.15) is 50.6 Å². The number of hydrogen-bond donors (Lipinski definition) is 1. The molecule has 0 unspecified atom stereocenters. The fraction of sp³-hybridized carbons (Fsp3) is 0.286. The number of nitrogens with one attached hydrogen (secondary N) is 1. The lowest BCUT2D eigenvalue weighted by Gasteiger charge is -2.22. The van der Waals surface area contributed by atoms with Gasteiger partial charge in [0.2, 0.25) is 5.91 Å². The van der Waals surface area contributed by atoms with Gasteiger partial charge in [-0.25, -0.2) is 4.68 Å². The number of amides is 1. The molecule has 3 heterocycles. The van der Waals surface area contributed by atoms with Gasteiger partial charge in [0, 0.05) is 16.9 Å². The van der Waals surface area contributed by atoms with E-state index in [4.69, 9.17) is 0 Å². The molecule has 1 aromatic carbocycles. The molecule has 0 aliphatic carbocycles. The second-order valence-electron chi connectivity index (χ2n) is 6.86. The van der Waals surface area contributed by atoms with E-state index < -0.39 is 5.92 Å². The molecule has 0 saturated carbocycles. The van der Waals surface area contributed by atoms with Crippen molar-refractivity contribution < 1.29 is 9.59 Å². The van der Waals surface area contributed by atoms with Crippen LogP contribution in [0.3, 0.4) is 0 Å². The number of nitrogens with zero attached hydrogens (tertiary/aromatic N) is 2. The quantitative estimate of drug-likeness (QED) is 0.683. The maximum atomic E-state index is 13.1. The fourth-order valence-corrected chi connectivity index (χ4v) is 4.47. The number of anilines is 1. The third-order valence-corrected chi connectivity index (χ3v) is 5.98. The zero-order valence-electron chi connectivity index (χ0n) is 15.6. The van der Waals surface area contributed by atoms with Crippen molar-refractivity contribution >= 4 is 28.8 Å². The first-order valence-corrected chi connectivity index (χ1v) is 9.89. The molecule has 3 aromatic rings. The first-order chi connectivity index (χ1) is 13.0. The lowest BCUT2D eigenvalue weighted by Crippen LogP contribution is -2.28. The largest absolute Gasteiger partial charge is 0.310 e. The SMILES string of the molecule is CCc1cccc(-n2nc(C)c3c2NC(=O)C[C@@H]3C(=O)c2ccc(C)s2)c1. The third kappa shape index (κ3) is 3.10. The lowest BCUT2D eigenvalue weighted by molar-refractivity contribution is -0.116. The smallest absolute Gasteiger partial charge is 0.226 e. The minimum absolute atomic E-state index is 0.00541. The molecule has 0 fully saturated rings. The normalized spacial score (nSPS) is 16.1. The Balaban J connectivity index is 1.82. The van der Waals surface area contributed by atoms with Crippen LogP contribution in [0.5, 0.6) is 0 Å². The van der Waals surface area contributed by atoms with Crippen LogP contribution < -0.4 is 5.32 Å². The molecule has 0 spiro atoms. The summed E-state index contributed by atoms with van der Waals surface area (Å²) in [7, 11) is 0. The number of aryl methyl sites for hydroxylation is 3. The van der Waals surface area contributed by atoms with Crippen LogP contribution >= 0.6 is 11.3 Å². The first kappa shape index (κ1) is 17.7. The van der Waals surface area contributed by atoms with Crippen molar-refractivity contribution in [3.05, 3.63) is 63.0 Å². The summed E-state index contributed by atoms with van der Waals surface area (Å²) >= 11 is 1.47. The van der Waals surface area contributed by atoms with Crippen molar-refractivity contribution in [3.63, 3.8) is 0 Å². The van der Waals surface area contributed by atoms with E-state index in [-0.39, 0.29) is 18.1 Å². The van der Waals surface area contributed by atoms with E-state index in [1.54, 1.807) is 4.68 Å². The van der Waals surface area contributed by atoms with Gasteiger partial charge in [0.15, 0.2) is 5.78 Å². The molecule has 2 aromatic heterocycles. The van der Waals surface area contributed by atoms with Crippen molar-refractivity contribution in [3.8, 4) is 5.69 Å². The summed E-state index contributed by atoms with van der Waals surface area (Å²) in [5, 5.41) is 7.60. The number of benzene rings is 1. The summed E-state index contributed by atoms with van der Waals surface area (Å²) in [6.45, 7) is 5.98. The van der Waals surface area contributed by atoms with Gasteiger partial charge in [-0.3, -0.25) is 9.59 Å². The van der Waals surface area contributed by atoms with Gasteiger partial charge in [-0.1, -0.05) is 19.1 Å². The van der Waals surface area contributed by atoms with Crippen molar-refractivity contribution in [2.24, 2.45) is 0 Å². The van der Waals surface area contributed by atoms with Crippen molar-refractivity contribution in [2.45, 2.75) is 39.5 Å². The average molecular weight is 379 g/mol. The fourth-order valence-electron chi connectivity index (χ4n) is 3.60. The first-order valence-electron chi connectivity index (χ1n) is 9.07. The van der Waals surface area contributed by atoms with Gasteiger partial charge in [-0.05, 0) is 50.1 Å². The van der Waals surface area contributed by atoms with Gasteiger partial charge in [0.1, 0.15) is 5.82 Å². The molecule has 27 heavy (non-hydrogen) atoms. The van der Waals surface area contributed by atoms with E-state index in [9.17, 15) is 9.59 Å². The lowest BCUT2D eigenvalue weighted by atomic mass is 9.87. The average Bonchev–Trinajstić information content (AvgIpc) is 3.24. The van der Waals surface area contributed by atoms with Gasteiger partial charge in [0.25, 0.3) is 0 Å². The van der Waals surface area contributed by atoms with E-state index in [2.05, 4.69) is 29.5 Å². The van der Waals surface area contributed by atoms with E-state index in [1.807, 2.05) is 38.1 Å². The Morgan fingerprint density at radius 2 is 2.11 bits per heavy atom. The summed E-state index contributed by atoms with van der Waals surface area (Å²) in [6, 6.07) is 11.9. The molecule has 1 aliphatic heterocycles. The highest BCUT2D eigenvalue weighted by molar-refractivity contribution is 7.14. The summed E-state index contributed by atoms with van der Waals surface area (Å²) in [4.78, 5) is 27.3. The zero-order valence-corrected chi connectivity index (χ0v) is 16.4. The highest BCUT2D eigenvalue weighted by atomic mass is 32.1. The number of carbonyl (C=O) groups is 2. The van der Waals surface area contributed by atoms with Crippen LogP contribution in [0.4, 0.5) is 5.82 Å². The Labute approximate surface area is 162 Å².